The zero-order chi connectivity index (χ0) is 13.1. The van der Waals surface area contributed by atoms with Crippen molar-refractivity contribution in [2.24, 2.45) is 0 Å². The monoisotopic (exact) mass is 251 g/mol. The van der Waals surface area contributed by atoms with E-state index >= 15 is 0 Å². The van der Waals surface area contributed by atoms with Crippen LogP contribution in [-0.4, -0.2) is 10.1 Å². The van der Waals surface area contributed by atoms with E-state index in [0.29, 0.717) is 5.56 Å². The second-order valence-electron chi connectivity index (χ2n) is 3.76. The summed E-state index contributed by atoms with van der Waals surface area (Å²) in [5.41, 5.74) is 0.580. The number of aromatic nitrogens is 1. The maximum atomic E-state index is 13.4. The molecule has 1 aromatic heterocycles. The SMILES string of the molecule is C[C@H](O)c1ccnc(Oc2cccc(F)c2F)c1. The third-order valence-corrected chi connectivity index (χ3v) is 2.37. The molecule has 2 aromatic rings. The molecule has 0 saturated heterocycles. The minimum atomic E-state index is -1.07. The van der Waals surface area contributed by atoms with Gasteiger partial charge < -0.3 is 9.84 Å². The first-order valence-corrected chi connectivity index (χ1v) is 5.34. The molecule has 0 aliphatic heterocycles. The van der Waals surface area contributed by atoms with Gasteiger partial charge in [-0.2, -0.15) is 4.39 Å². The van der Waals surface area contributed by atoms with Crippen LogP contribution in [0.4, 0.5) is 8.78 Å². The fourth-order valence-electron chi connectivity index (χ4n) is 1.42. The molecule has 0 aliphatic carbocycles. The average molecular weight is 251 g/mol. The molecular formula is C13H11F2NO2. The van der Waals surface area contributed by atoms with Crippen molar-refractivity contribution in [3.63, 3.8) is 0 Å². The third kappa shape index (κ3) is 2.62. The quantitative estimate of drug-likeness (QED) is 0.910. The van der Waals surface area contributed by atoms with Gasteiger partial charge in [-0.05, 0) is 30.7 Å². The highest BCUT2D eigenvalue weighted by atomic mass is 19.2. The minimum Gasteiger partial charge on any atom is -0.436 e. The lowest BCUT2D eigenvalue weighted by molar-refractivity contribution is 0.198. The Bertz CT molecular complexity index is 558. The van der Waals surface area contributed by atoms with Crippen molar-refractivity contribution in [2.45, 2.75) is 13.0 Å². The summed E-state index contributed by atoms with van der Waals surface area (Å²) in [5, 5.41) is 9.40. The van der Waals surface area contributed by atoms with Crippen molar-refractivity contribution < 1.29 is 18.6 Å². The van der Waals surface area contributed by atoms with Gasteiger partial charge in [-0.1, -0.05) is 6.07 Å². The van der Waals surface area contributed by atoms with Gasteiger partial charge in [0, 0.05) is 12.3 Å². The van der Waals surface area contributed by atoms with Gasteiger partial charge in [0.1, 0.15) is 0 Å². The van der Waals surface area contributed by atoms with Gasteiger partial charge >= 0.3 is 0 Å². The number of halogens is 2. The minimum absolute atomic E-state index is 0.0953. The van der Waals surface area contributed by atoms with Crippen LogP contribution in [0, 0.1) is 11.6 Å². The maximum Gasteiger partial charge on any atom is 0.219 e. The zero-order valence-electron chi connectivity index (χ0n) is 9.60. The van der Waals surface area contributed by atoms with Crippen LogP contribution in [0.3, 0.4) is 0 Å². The van der Waals surface area contributed by atoms with Gasteiger partial charge in [0.15, 0.2) is 11.6 Å². The highest BCUT2D eigenvalue weighted by Gasteiger charge is 2.11. The van der Waals surface area contributed by atoms with Crippen LogP contribution < -0.4 is 4.74 Å². The number of hydrogen-bond acceptors (Lipinski definition) is 3. The number of rotatable bonds is 3. The summed E-state index contributed by atoms with van der Waals surface area (Å²) in [7, 11) is 0. The Morgan fingerprint density at radius 3 is 2.78 bits per heavy atom. The molecule has 5 heteroatoms. The molecule has 1 heterocycles. The van der Waals surface area contributed by atoms with E-state index in [9.17, 15) is 13.9 Å². The molecule has 94 valence electrons. The van der Waals surface area contributed by atoms with Crippen molar-refractivity contribution in [3.05, 3.63) is 53.7 Å². The third-order valence-electron chi connectivity index (χ3n) is 2.37. The molecule has 0 unspecified atom stereocenters. The van der Waals surface area contributed by atoms with Crippen molar-refractivity contribution in [3.8, 4) is 11.6 Å². The normalized spacial score (nSPS) is 12.2. The van der Waals surface area contributed by atoms with Crippen molar-refractivity contribution in [2.75, 3.05) is 0 Å². The van der Waals surface area contributed by atoms with E-state index in [0.717, 1.165) is 6.07 Å². The van der Waals surface area contributed by atoms with E-state index in [1.54, 1.807) is 13.0 Å². The molecular weight excluding hydrogens is 240 g/mol. The van der Waals surface area contributed by atoms with Crippen LogP contribution in [-0.2, 0) is 0 Å². The Hall–Kier alpha value is -2.01. The first-order chi connectivity index (χ1) is 8.58. The smallest absolute Gasteiger partial charge is 0.219 e. The Morgan fingerprint density at radius 1 is 1.28 bits per heavy atom. The van der Waals surface area contributed by atoms with Crippen LogP contribution >= 0.6 is 0 Å². The topological polar surface area (TPSA) is 42.4 Å². The molecule has 0 amide bonds. The summed E-state index contributed by atoms with van der Waals surface area (Å²) in [5.74, 6) is -2.20. The second kappa shape index (κ2) is 5.10. The zero-order valence-corrected chi connectivity index (χ0v) is 9.60. The van der Waals surface area contributed by atoms with Gasteiger partial charge in [-0.25, -0.2) is 9.37 Å². The number of nitrogens with zero attached hydrogens (tertiary/aromatic N) is 1. The summed E-state index contributed by atoms with van der Waals surface area (Å²) < 4.78 is 31.5. The van der Waals surface area contributed by atoms with Gasteiger partial charge in [0.25, 0.3) is 0 Å². The predicted molar refractivity (Wildman–Crippen MR) is 61.3 cm³/mol. The van der Waals surface area contributed by atoms with E-state index in [-0.39, 0.29) is 11.6 Å². The number of benzene rings is 1. The van der Waals surface area contributed by atoms with Crippen molar-refractivity contribution in [1.29, 1.82) is 0 Å². The molecule has 1 atom stereocenters. The molecule has 0 saturated carbocycles. The maximum absolute atomic E-state index is 13.4. The standard InChI is InChI=1S/C13H11F2NO2/c1-8(17)9-5-6-16-12(7-9)18-11-4-2-3-10(14)13(11)15/h2-8,17H,1H3/t8-/m0/s1. The number of aliphatic hydroxyl groups excluding tert-OH is 1. The van der Waals surface area contributed by atoms with Gasteiger partial charge in [-0.3, -0.25) is 0 Å². The Morgan fingerprint density at radius 2 is 2.06 bits per heavy atom. The molecule has 0 radical (unpaired) electrons. The number of hydrogen-bond donors (Lipinski definition) is 1. The number of aliphatic hydroxyl groups is 1. The average Bonchev–Trinajstić information content (AvgIpc) is 2.35. The van der Waals surface area contributed by atoms with E-state index in [1.807, 2.05) is 0 Å². The largest absolute Gasteiger partial charge is 0.436 e. The van der Waals surface area contributed by atoms with Crippen molar-refractivity contribution >= 4 is 0 Å². The van der Waals surface area contributed by atoms with E-state index in [4.69, 9.17) is 4.74 Å². The highest BCUT2D eigenvalue weighted by Crippen LogP contribution is 2.25. The predicted octanol–water partition coefficient (Wildman–Crippen LogP) is 3.21. The lowest BCUT2D eigenvalue weighted by atomic mass is 10.2. The van der Waals surface area contributed by atoms with Crippen LogP contribution in [0.15, 0.2) is 36.5 Å². The molecule has 1 aromatic carbocycles. The molecule has 1 N–H and O–H groups in total. The molecule has 0 fully saturated rings. The first kappa shape index (κ1) is 12.4. The van der Waals surface area contributed by atoms with Crippen LogP contribution in [0.2, 0.25) is 0 Å². The fourth-order valence-corrected chi connectivity index (χ4v) is 1.42. The molecule has 0 bridgehead atoms. The Kier molecular flexibility index (Phi) is 3.53. The Labute approximate surface area is 103 Å². The second-order valence-corrected chi connectivity index (χ2v) is 3.76. The molecule has 18 heavy (non-hydrogen) atoms. The lowest BCUT2D eigenvalue weighted by Crippen LogP contribution is -1.96. The Balaban J connectivity index is 2.28. The first-order valence-electron chi connectivity index (χ1n) is 5.34. The van der Waals surface area contributed by atoms with Crippen LogP contribution in [0.5, 0.6) is 11.6 Å². The number of ether oxygens (including phenoxy) is 1. The highest BCUT2D eigenvalue weighted by molar-refractivity contribution is 5.31. The van der Waals surface area contributed by atoms with Crippen LogP contribution in [0.25, 0.3) is 0 Å². The summed E-state index contributed by atoms with van der Waals surface area (Å²) in [4.78, 5) is 3.87. The molecule has 3 nitrogen and oxygen atoms in total. The summed E-state index contributed by atoms with van der Waals surface area (Å²) in [6.45, 7) is 1.59. The van der Waals surface area contributed by atoms with E-state index < -0.39 is 17.7 Å². The van der Waals surface area contributed by atoms with Gasteiger partial charge in [-0.15, -0.1) is 0 Å². The molecule has 0 aliphatic rings. The molecule has 2 rings (SSSR count). The summed E-state index contributed by atoms with van der Waals surface area (Å²) in [6, 6.07) is 6.72. The van der Waals surface area contributed by atoms with Crippen molar-refractivity contribution in [1.82, 2.24) is 4.98 Å². The van der Waals surface area contributed by atoms with Gasteiger partial charge in [0.05, 0.1) is 6.10 Å². The van der Waals surface area contributed by atoms with E-state index in [1.165, 1.54) is 24.4 Å². The van der Waals surface area contributed by atoms with Gasteiger partial charge in [0.2, 0.25) is 11.7 Å². The fraction of sp³-hybridized carbons (Fsp3) is 0.154. The summed E-state index contributed by atoms with van der Waals surface area (Å²) >= 11 is 0. The number of pyridine rings is 1. The lowest BCUT2D eigenvalue weighted by Gasteiger charge is -2.08. The van der Waals surface area contributed by atoms with Crippen LogP contribution in [0.1, 0.15) is 18.6 Å². The molecule has 0 spiro atoms. The summed E-state index contributed by atoms with van der Waals surface area (Å²) in [6.07, 6.45) is 0.738. The van der Waals surface area contributed by atoms with E-state index in [2.05, 4.69) is 4.98 Å².